The van der Waals surface area contributed by atoms with Crippen molar-refractivity contribution >= 4 is 0 Å². The molecule has 1 unspecified atom stereocenters. The van der Waals surface area contributed by atoms with Gasteiger partial charge in [-0.05, 0) is 56.3 Å². The van der Waals surface area contributed by atoms with Crippen LogP contribution in [0.4, 0.5) is 0 Å². The summed E-state index contributed by atoms with van der Waals surface area (Å²) in [5, 5.41) is 4.27. The van der Waals surface area contributed by atoms with E-state index in [9.17, 15) is 0 Å². The number of rotatable bonds is 6. The summed E-state index contributed by atoms with van der Waals surface area (Å²) in [5.74, 6) is 1.73. The first-order valence-electron chi connectivity index (χ1n) is 8.84. The lowest BCUT2D eigenvalue weighted by molar-refractivity contribution is 0.299. The Labute approximate surface area is 141 Å². The molecule has 126 valence electrons. The molecule has 1 aliphatic carbocycles. The average molecular weight is 313 g/mol. The Kier molecular flexibility index (Phi) is 6.40. The van der Waals surface area contributed by atoms with Crippen LogP contribution in [0.15, 0.2) is 36.7 Å². The normalized spacial score (nSPS) is 15.2. The number of aromatic nitrogens is 2. The van der Waals surface area contributed by atoms with Gasteiger partial charge in [-0.25, -0.2) is 0 Å². The second-order valence-corrected chi connectivity index (χ2v) is 6.67. The van der Waals surface area contributed by atoms with Crippen molar-refractivity contribution in [3.63, 3.8) is 0 Å². The summed E-state index contributed by atoms with van der Waals surface area (Å²) < 4.78 is 1.86. The van der Waals surface area contributed by atoms with E-state index in [0.29, 0.717) is 0 Å². The van der Waals surface area contributed by atoms with Crippen LogP contribution in [0, 0.1) is 11.8 Å². The molecule has 3 heteroatoms. The van der Waals surface area contributed by atoms with Crippen molar-refractivity contribution in [3.05, 3.63) is 42.2 Å². The van der Waals surface area contributed by atoms with Gasteiger partial charge in [0.1, 0.15) is 0 Å². The molecule has 0 N–H and O–H groups in total. The summed E-state index contributed by atoms with van der Waals surface area (Å²) in [6, 6.07) is 8.96. The molecule has 0 saturated heterocycles. The molecule has 1 saturated carbocycles. The molecule has 3 nitrogen and oxygen atoms in total. The van der Waals surface area contributed by atoms with Crippen LogP contribution in [-0.2, 0) is 13.5 Å². The number of hydrogen-bond donors (Lipinski definition) is 0. The molecule has 3 rings (SSSR count). The van der Waals surface area contributed by atoms with Crippen LogP contribution in [0.2, 0.25) is 0 Å². The van der Waals surface area contributed by atoms with Gasteiger partial charge in [-0.2, -0.15) is 5.10 Å². The lowest BCUT2D eigenvalue weighted by Crippen LogP contribution is -2.24. The molecule has 1 heterocycles. The lowest BCUT2D eigenvalue weighted by atomic mass is 9.93. The molecule has 0 bridgehead atoms. The highest BCUT2D eigenvalue weighted by Crippen LogP contribution is 2.39. The quantitative estimate of drug-likeness (QED) is 0.795. The zero-order valence-electron chi connectivity index (χ0n) is 15.3. The van der Waals surface area contributed by atoms with E-state index >= 15 is 0 Å². The van der Waals surface area contributed by atoms with Crippen molar-refractivity contribution in [2.45, 2.75) is 33.1 Å². The summed E-state index contributed by atoms with van der Waals surface area (Å²) in [4.78, 5) is 2.33. The Morgan fingerprint density at radius 3 is 2.52 bits per heavy atom. The molecule has 1 fully saturated rings. The Bertz CT molecular complexity index is 596. The monoisotopic (exact) mass is 313 g/mol. The molecule has 0 spiro atoms. The number of aryl methyl sites for hydroxylation is 1. The van der Waals surface area contributed by atoms with Crippen molar-refractivity contribution < 1.29 is 0 Å². The zero-order valence-corrected chi connectivity index (χ0v) is 15.3. The van der Waals surface area contributed by atoms with Gasteiger partial charge in [0, 0.05) is 25.4 Å². The third-order valence-corrected chi connectivity index (χ3v) is 4.35. The van der Waals surface area contributed by atoms with Gasteiger partial charge in [0.2, 0.25) is 0 Å². The van der Waals surface area contributed by atoms with Gasteiger partial charge in [-0.1, -0.05) is 38.1 Å². The van der Waals surface area contributed by atoms with Crippen molar-refractivity contribution in [1.29, 1.82) is 0 Å². The predicted octanol–water partition coefficient (Wildman–Crippen LogP) is 4.24. The largest absolute Gasteiger partial charge is 0.309 e. The third-order valence-electron chi connectivity index (χ3n) is 4.35. The van der Waals surface area contributed by atoms with Gasteiger partial charge >= 0.3 is 0 Å². The summed E-state index contributed by atoms with van der Waals surface area (Å²) in [5.41, 5.74) is 3.94. The van der Waals surface area contributed by atoms with Crippen LogP contribution in [0.25, 0.3) is 11.1 Å². The maximum absolute atomic E-state index is 4.27. The van der Waals surface area contributed by atoms with E-state index in [2.05, 4.69) is 54.6 Å². The van der Waals surface area contributed by atoms with Crippen LogP contribution in [-0.4, -0.2) is 35.3 Å². The molecule has 0 radical (unpaired) electrons. The van der Waals surface area contributed by atoms with E-state index in [1.54, 1.807) is 0 Å². The standard InChI is InChI=1S/C18H25N3.C2H6/c1-20(2)12-17(15-7-8-15)10-14-5-4-6-16(9-14)18-11-19-21(3)13-18;1-2/h4-6,9,11,13,15,17H,7-8,10,12H2,1-3H3;1-2H3. The van der Waals surface area contributed by atoms with E-state index in [1.807, 2.05) is 31.8 Å². The highest BCUT2D eigenvalue weighted by molar-refractivity contribution is 5.62. The van der Waals surface area contributed by atoms with Crippen molar-refractivity contribution in [2.75, 3.05) is 20.6 Å². The van der Waals surface area contributed by atoms with Crippen LogP contribution >= 0.6 is 0 Å². The minimum absolute atomic E-state index is 0.796. The fourth-order valence-corrected chi connectivity index (χ4v) is 3.17. The Morgan fingerprint density at radius 1 is 1.22 bits per heavy atom. The Morgan fingerprint density at radius 2 is 1.96 bits per heavy atom. The number of benzene rings is 1. The van der Waals surface area contributed by atoms with E-state index in [0.717, 1.165) is 11.8 Å². The average Bonchev–Trinajstić information content (AvgIpc) is 3.30. The lowest BCUT2D eigenvalue weighted by Gasteiger charge is -2.21. The molecule has 2 aromatic rings. The van der Waals surface area contributed by atoms with Crippen LogP contribution in [0.1, 0.15) is 32.3 Å². The summed E-state index contributed by atoms with van der Waals surface area (Å²) in [6.45, 7) is 5.20. The molecule has 1 aromatic heterocycles. The van der Waals surface area contributed by atoms with Crippen molar-refractivity contribution in [2.24, 2.45) is 18.9 Å². The molecule has 1 atom stereocenters. The van der Waals surface area contributed by atoms with E-state index in [4.69, 9.17) is 0 Å². The highest BCUT2D eigenvalue weighted by atomic mass is 15.2. The van der Waals surface area contributed by atoms with Gasteiger partial charge in [-0.15, -0.1) is 0 Å². The SMILES string of the molecule is CC.CN(C)CC(Cc1cccc(-c2cnn(C)c2)c1)C1CC1. The van der Waals surface area contributed by atoms with E-state index < -0.39 is 0 Å². The molecule has 0 aliphatic heterocycles. The van der Waals surface area contributed by atoms with Crippen LogP contribution in [0.3, 0.4) is 0 Å². The van der Waals surface area contributed by atoms with E-state index in [-0.39, 0.29) is 0 Å². The van der Waals surface area contributed by atoms with Gasteiger partial charge in [-0.3, -0.25) is 4.68 Å². The summed E-state index contributed by atoms with van der Waals surface area (Å²) in [6.07, 6.45) is 8.05. The minimum atomic E-state index is 0.796. The maximum atomic E-state index is 4.27. The highest BCUT2D eigenvalue weighted by Gasteiger charge is 2.31. The fourth-order valence-electron chi connectivity index (χ4n) is 3.17. The Hall–Kier alpha value is -1.61. The van der Waals surface area contributed by atoms with Gasteiger partial charge in [0.15, 0.2) is 0 Å². The smallest absolute Gasteiger partial charge is 0.0568 e. The molecule has 1 aromatic carbocycles. The number of hydrogen-bond acceptors (Lipinski definition) is 2. The van der Waals surface area contributed by atoms with E-state index in [1.165, 1.54) is 42.5 Å². The first-order valence-corrected chi connectivity index (χ1v) is 8.84. The molecular weight excluding hydrogens is 282 g/mol. The summed E-state index contributed by atoms with van der Waals surface area (Å²) in [7, 11) is 6.33. The summed E-state index contributed by atoms with van der Waals surface area (Å²) >= 11 is 0. The topological polar surface area (TPSA) is 21.1 Å². The van der Waals surface area contributed by atoms with Gasteiger partial charge < -0.3 is 4.90 Å². The fraction of sp³-hybridized carbons (Fsp3) is 0.550. The first kappa shape index (κ1) is 17.7. The van der Waals surface area contributed by atoms with Gasteiger partial charge in [0.05, 0.1) is 6.20 Å². The predicted molar refractivity (Wildman–Crippen MR) is 98.5 cm³/mol. The van der Waals surface area contributed by atoms with Crippen molar-refractivity contribution in [1.82, 2.24) is 14.7 Å². The molecule has 1 aliphatic rings. The minimum Gasteiger partial charge on any atom is -0.309 e. The molecule has 23 heavy (non-hydrogen) atoms. The van der Waals surface area contributed by atoms with Crippen LogP contribution in [0.5, 0.6) is 0 Å². The zero-order chi connectivity index (χ0) is 16.8. The second kappa shape index (κ2) is 8.30. The van der Waals surface area contributed by atoms with Gasteiger partial charge in [0.25, 0.3) is 0 Å². The molecule has 0 amide bonds. The Balaban J connectivity index is 0.000000924. The molecular formula is C20H31N3. The first-order chi connectivity index (χ1) is 11.1. The second-order valence-electron chi connectivity index (χ2n) is 6.67. The number of nitrogens with zero attached hydrogens (tertiary/aromatic N) is 3. The van der Waals surface area contributed by atoms with Crippen molar-refractivity contribution in [3.8, 4) is 11.1 Å². The van der Waals surface area contributed by atoms with Crippen LogP contribution < -0.4 is 0 Å². The third kappa shape index (κ3) is 5.21. The maximum Gasteiger partial charge on any atom is 0.0568 e.